The van der Waals surface area contributed by atoms with Gasteiger partial charge in [-0.1, -0.05) is 86.3 Å². The summed E-state index contributed by atoms with van der Waals surface area (Å²) in [7, 11) is 2.57. The predicted octanol–water partition coefficient (Wildman–Crippen LogP) is 6.40. The molecular weight excluding hydrogens is 261 g/mol. The first kappa shape index (κ1) is 20.1. The van der Waals surface area contributed by atoms with E-state index in [4.69, 9.17) is 0 Å². The summed E-state index contributed by atoms with van der Waals surface area (Å²) in [5.41, 5.74) is 0. The first-order valence-electron chi connectivity index (χ1n) is 9.00. The number of hydrogen-bond acceptors (Lipinski definition) is 1. The van der Waals surface area contributed by atoms with Gasteiger partial charge in [-0.05, 0) is 38.6 Å². The monoisotopic (exact) mass is 299 g/mol. The smallest absolute Gasteiger partial charge is 0.00144 e. The molecule has 1 N–H and O–H groups in total. The van der Waals surface area contributed by atoms with Crippen LogP contribution < -0.4 is 5.09 Å². The molecule has 0 radical (unpaired) electrons. The minimum atomic E-state index is 1.14. The molecule has 0 aromatic carbocycles. The highest BCUT2D eigenvalue weighted by Gasteiger charge is 1.90. The molecule has 120 valence electrons. The molecule has 0 aliphatic rings. The van der Waals surface area contributed by atoms with Crippen molar-refractivity contribution in [1.29, 1.82) is 0 Å². The molecule has 0 heterocycles. The molecule has 1 nitrogen and oxygen atoms in total. The van der Waals surface area contributed by atoms with Gasteiger partial charge in [-0.2, -0.15) is 0 Å². The van der Waals surface area contributed by atoms with Crippen molar-refractivity contribution in [3.8, 4) is 0 Å². The van der Waals surface area contributed by atoms with E-state index in [0.717, 1.165) is 6.54 Å². The van der Waals surface area contributed by atoms with Crippen LogP contribution in [-0.2, 0) is 0 Å². The molecule has 0 bridgehead atoms. The van der Waals surface area contributed by atoms with Crippen LogP contribution >= 0.6 is 9.39 Å². The van der Waals surface area contributed by atoms with Gasteiger partial charge in [0.05, 0.1) is 0 Å². The van der Waals surface area contributed by atoms with E-state index >= 15 is 0 Å². The minimum Gasteiger partial charge on any atom is -0.301 e. The molecule has 2 heteroatoms. The summed E-state index contributed by atoms with van der Waals surface area (Å²) in [5.74, 6) is 0. The molecule has 0 aromatic heterocycles. The summed E-state index contributed by atoms with van der Waals surface area (Å²) in [4.78, 5) is 0. The van der Waals surface area contributed by atoms with Crippen LogP contribution in [0.25, 0.3) is 0 Å². The van der Waals surface area contributed by atoms with Crippen molar-refractivity contribution >= 4 is 9.39 Å². The van der Waals surface area contributed by atoms with Gasteiger partial charge in [0.2, 0.25) is 0 Å². The van der Waals surface area contributed by atoms with Crippen molar-refractivity contribution in [2.75, 3.05) is 6.54 Å². The minimum absolute atomic E-state index is 1.14. The fourth-order valence-electron chi connectivity index (χ4n) is 2.47. The zero-order chi connectivity index (χ0) is 14.7. The number of rotatable bonds is 16. The van der Waals surface area contributed by atoms with E-state index in [0.29, 0.717) is 0 Å². The highest BCUT2D eigenvalue weighted by molar-refractivity contribution is 7.13. The number of allylic oxidation sites excluding steroid dienone is 2. The fraction of sp³-hybridized carbons (Fsp3) is 0.889. The highest BCUT2D eigenvalue weighted by Crippen LogP contribution is 2.09. The lowest BCUT2D eigenvalue weighted by molar-refractivity contribution is 0.595. The Balaban J connectivity index is 3.01. The van der Waals surface area contributed by atoms with Crippen LogP contribution in [-0.4, -0.2) is 6.54 Å². The molecule has 0 saturated heterocycles. The Kier molecular flexibility index (Phi) is 19.3. The lowest BCUT2D eigenvalue weighted by Gasteiger charge is -2.00. The standard InChI is InChI=1S/C18H38NP/c1-2-3-4-5-6-7-8-9-10-11-12-13-14-15-16-17-18-19-20/h9-10,19H,2-8,11-18,20H2,1H3/b10-9-. The summed E-state index contributed by atoms with van der Waals surface area (Å²) in [6.45, 7) is 3.43. The summed E-state index contributed by atoms with van der Waals surface area (Å²) in [6.07, 6.45) is 24.2. The molecule has 1 atom stereocenters. The summed E-state index contributed by atoms with van der Waals surface area (Å²) < 4.78 is 0. The van der Waals surface area contributed by atoms with Crippen molar-refractivity contribution in [1.82, 2.24) is 5.09 Å². The molecule has 1 unspecified atom stereocenters. The van der Waals surface area contributed by atoms with Gasteiger partial charge in [-0.15, -0.1) is 0 Å². The maximum atomic E-state index is 3.12. The van der Waals surface area contributed by atoms with E-state index < -0.39 is 0 Å². The Bertz CT molecular complexity index is 192. The van der Waals surface area contributed by atoms with E-state index in [1.807, 2.05) is 0 Å². The number of unbranched alkanes of at least 4 members (excludes halogenated alkanes) is 12. The molecule has 0 spiro atoms. The number of nitrogens with one attached hydrogen (secondary N) is 1. The summed E-state index contributed by atoms with van der Waals surface area (Å²) in [6, 6.07) is 0. The van der Waals surface area contributed by atoms with Gasteiger partial charge in [-0.3, -0.25) is 0 Å². The second-order valence-electron chi connectivity index (χ2n) is 5.89. The third kappa shape index (κ3) is 18.1. The van der Waals surface area contributed by atoms with Crippen LogP contribution in [0.3, 0.4) is 0 Å². The fourth-order valence-corrected chi connectivity index (χ4v) is 2.68. The quantitative estimate of drug-likeness (QED) is 0.197. The molecule has 0 rings (SSSR count). The average Bonchev–Trinajstić information content (AvgIpc) is 2.47. The lowest BCUT2D eigenvalue weighted by atomic mass is 10.1. The Labute approximate surface area is 130 Å². The van der Waals surface area contributed by atoms with Crippen LogP contribution in [0.2, 0.25) is 0 Å². The topological polar surface area (TPSA) is 12.0 Å². The second-order valence-corrected chi connectivity index (χ2v) is 6.30. The van der Waals surface area contributed by atoms with Gasteiger partial charge in [-0.25, -0.2) is 0 Å². The van der Waals surface area contributed by atoms with Crippen LogP contribution in [0, 0.1) is 0 Å². The molecule has 20 heavy (non-hydrogen) atoms. The van der Waals surface area contributed by atoms with Gasteiger partial charge >= 0.3 is 0 Å². The molecule has 0 aliphatic carbocycles. The van der Waals surface area contributed by atoms with Crippen molar-refractivity contribution < 1.29 is 0 Å². The van der Waals surface area contributed by atoms with E-state index in [2.05, 4.69) is 33.6 Å². The van der Waals surface area contributed by atoms with Crippen molar-refractivity contribution in [3.63, 3.8) is 0 Å². The Morgan fingerprint density at radius 1 is 0.650 bits per heavy atom. The summed E-state index contributed by atoms with van der Waals surface area (Å²) >= 11 is 0. The highest BCUT2D eigenvalue weighted by atomic mass is 31.0. The van der Waals surface area contributed by atoms with Crippen molar-refractivity contribution in [2.45, 2.75) is 96.8 Å². The van der Waals surface area contributed by atoms with Crippen molar-refractivity contribution in [2.24, 2.45) is 0 Å². The first-order chi connectivity index (χ1) is 9.91. The largest absolute Gasteiger partial charge is 0.301 e. The van der Waals surface area contributed by atoms with Crippen LogP contribution in [0.5, 0.6) is 0 Å². The van der Waals surface area contributed by atoms with Crippen LogP contribution in [0.1, 0.15) is 96.8 Å². The molecule has 0 aliphatic heterocycles. The van der Waals surface area contributed by atoms with E-state index in [1.165, 1.54) is 89.9 Å². The molecule has 0 aromatic rings. The normalized spacial score (nSPS) is 11.5. The third-order valence-electron chi connectivity index (χ3n) is 3.83. The Hall–Kier alpha value is 0.130. The van der Waals surface area contributed by atoms with Gasteiger partial charge < -0.3 is 5.09 Å². The lowest BCUT2D eigenvalue weighted by Crippen LogP contribution is -1.98. The molecule has 0 saturated carbocycles. The predicted molar refractivity (Wildman–Crippen MR) is 97.2 cm³/mol. The third-order valence-corrected chi connectivity index (χ3v) is 4.12. The zero-order valence-corrected chi connectivity index (χ0v) is 15.0. The first-order valence-corrected chi connectivity index (χ1v) is 9.58. The summed E-state index contributed by atoms with van der Waals surface area (Å²) in [5, 5.41) is 3.12. The van der Waals surface area contributed by atoms with Gasteiger partial charge in [0.1, 0.15) is 0 Å². The van der Waals surface area contributed by atoms with Gasteiger partial charge in [0, 0.05) is 0 Å². The van der Waals surface area contributed by atoms with Crippen LogP contribution in [0.4, 0.5) is 0 Å². The molecule has 0 fully saturated rings. The molecule has 0 amide bonds. The number of hydrogen-bond donors (Lipinski definition) is 1. The van der Waals surface area contributed by atoms with E-state index in [-0.39, 0.29) is 0 Å². The zero-order valence-electron chi connectivity index (χ0n) is 13.8. The molecular formula is C18H38NP. The van der Waals surface area contributed by atoms with Crippen LogP contribution in [0.15, 0.2) is 12.2 Å². The van der Waals surface area contributed by atoms with E-state index in [1.54, 1.807) is 0 Å². The maximum Gasteiger partial charge on any atom is -0.00144 e. The average molecular weight is 299 g/mol. The van der Waals surface area contributed by atoms with E-state index in [9.17, 15) is 0 Å². The van der Waals surface area contributed by atoms with Crippen molar-refractivity contribution in [3.05, 3.63) is 12.2 Å². The van der Waals surface area contributed by atoms with Gasteiger partial charge in [0.25, 0.3) is 0 Å². The second kappa shape index (κ2) is 19.1. The van der Waals surface area contributed by atoms with Gasteiger partial charge in [0.15, 0.2) is 0 Å². The Morgan fingerprint density at radius 3 is 1.60 bits per heavy atom. The Morgan fingerprint density at radius 2 is 1.10 bits per heavy atom. The maximum absolute atomic E-state index is 3.12. The SMILES string of the molecule is CCCCCCCC/C=C\CCCCCCCCNP.